The molecule has 0 saturated carbocycles. The molecule has 0 aliphatic carbocycles. The van der Waals surface area contributed by atoms with E-state index in [0.717, 1.165) is 22.2 Å². The lowest BCUT2D eigenvalue weighted by atomic mass is 10.0. The molecule has 4 aromatic rings. The van der Waals surface area contributed by atoms with Crippen molar-refractivity contribution in [3.05, 3.63) is 83.9 Å². The molecule has 32 heavy (non-hydrogen) atoms. The third-order valence-corrected chi connectivity index (χ3v) is 5.82. The number of Topliss-reactive ketones (excluding diaryl/α,β-unsaturated/α-hetero) is 1. The minimum Gasteiger partial charge on any atom is -0.481 e. The van der Waals surface area contributed by atoms with Crippen LogP contribution in [0.2, 0.25) is 0 Å². The summed E-state index contributed by atoms with van der Waals surface area (Å²) in [5, 5.41) is 4.43. The van der Waals surface area contributed by atoms with Gasteiger partial charge in [-0.3, -0.25) is 14.5 Å². The van der Waals surface area contributed by atoms with Crippen LogP contribution in [0.5, 0.6) is 5.75 Å². The first-order valence-corrected chi connectivity index (χ1v) is 10.3. The van der Waals surface area contributed by atoms with E-state index in [1.807, 2.05) is 37.4 Å². The number of nitrogens with zero attached hydrogens (tertiary/aromatic N) is 3. The molecule has 0 radical (unpaired) electrons. The Bertz CT molecular complexity index is 1360. The van der Waals surface area contributed by atoms with Gasteiger partial charge in [0.05, 0.1) is 23.4 Å². The molecule has 0 fully saturated rings. The number of hydrogen-bond donors (Lipinski definition) is 0. The second-order valence-corrected chi connectivity index (χ2v) is 7.82. The number of anilines is 1. The number of amides is 1. The van der Waals surface area contributed by atoms with E-state index in [0.29, 0.717) is 17.0 Å². The van der Waals surface area contributed by atoms with Crippen LogP contribution in [0.15, 0.2) is 67.0 Å². The standard InChI is InChI=1S/C25H20FN3O3/c1-15(29-22-8-7-20(26)12-24(22)32-14-25(29)31)19-9-10-28-23(11-19)21(13-27-28)18-5-3-17(4-6-18)16(2)30/h3-13,15H,14H2,1-2H3. The van der Waals surface area contributed by atoms with Crippen LogP contribution in [0.4, 0.5) is 10.1 Å². The summed E-state index contributed by atoms with van der Waals surface area (Å²) in [7, 11) is 0. The second-order valence-electron chi connectivity index (χ2n) is 7.82. The van der Waals surface area contributed by atoms with Crippen LogP contribution in [0.25, 0.3) is 16.6 Å². The number of halogens is 1. The van der Waals surface area contributed by atoms with E-state index in [4.69, 9.17) is 4.74 Å². The molecule has 0 N–H and O–H groups in total. The van der Waals surface area contributed by atoms with E-state index in [9.17, 15) is 14.0 Å². The number of pyridine rings is 1. The van der Waals surface area contributed by atoms with E-state index in [-0.39, 0.29) is 24.3 Å². The van der Waals surface area contributed by atoms with Gasteiger partial charge in [-0.2, -0.15) is 5.10 Å². The molecule has 0 bridgehead atoms. The minimum absolute atomic E-state index is 0.0165. The van der Waals surface area contributed by atoms with Crippen molar-refractivity contribution in [1.29, 1.82) is 0 Å². The lowest BCUT2D eigenvalue weighted by Crippen LogP contribution is -2.40. The quantitative estimate of drug-likeness (QED) is 0.436. The van der Waals surface area contributed by atoms with Crippen molar-refractivity contribution in [2.45, 2.75) is 19.9 Å². The third kappa shape index (κ3) is 3.32. The summed E-state index contributed by atoms with van der Waals surface area (Å²) in [5.74, 6) is -0.229. The van der Waals surface area contributed by atoms with Crippen molar-refractivity contribution in [2.75, 3.05) is 11.5 Å². The van der Waals surface area contributed by atoms with E-state index in [2.05, 4.69) is 5.10 Å². The summed E-state index contributed by atoms with van der Waals surface area (Å²) in [6.45, 7) is 3.33. The Morgan fingerprint density at radius 1 is 1.12 bits per heavy atom. The van der Waals surface area contributed by atoms with Crippen LogP contribution in [0.3, 0.4) is 0 Å². The molecule has 6 nitrogen and oxygen atoms in total. The van der Waals surface area contributed by atoms with Crippen molar-refractivity contribution in [3.8, 4) is 16.9 Å². The highest BCUT2D eigenvalue weighted by Gasteiger charge is 2.31. The number of aromatic nitrogens is 2. The highest BCUT2D eigenvalue weighted by atomic mass is 19.1. The van der Waals surface area contributed by atoms with Gasteiger partial charge >= 0.3 is 0 Å². The smallest absolute Gasteiger partial charge is 0.265 e. The van der Waals surface area contributed by atoms with Crippen LogP contribution in [0, 0.1) is 5.82 Å². The van der Waals surface area contributed by atoms with Gasteiger partial charge in [-0.25, -0.2) is 8.91 Å². The average Bonchev–Trinajstić information content (AvgIpc) is 3.22. The Labute approximate surface area is 183 Å². The van der Waals surface area contributed by atoms with Crippen molar-refractivity contribution < 1.29 is 18.7 Å². The maximum absolute atomic E-state index is 13.6. The summed E-state index contributed by atoms with van der Waals surface area (Å²) < 4.78 is 20.8. The molecule has 0 spiro atoms. The number of ether oxygens (including phenoxy) is 1. The van der Waals surface area contributed by atoms with Crippen molar-refractivity contribution in [2.24, 2.45) is 0 Å². The zero-order valence-corrected chi connectivity index (χ0v) is 17.6. The number of rotatable bonds is 4. The fourth-order valence-corrected chi connectivity index (χ4v) is 4.08. The van der Waals surface area contributed by atoms with Gasteiger partial charge in [-0.05, 0) is 49.2 Å². The molecule has 1 amide bonds. The Balaban J connectivity index is 1.55. The summed E-state index contributed by atoms with van der Waals surface area (Å²) in [4.78, 5) is 25.9. The van der Waals surface area contributed by atoms with Crippen molar-refractivity contribution in [1.82, 2.24) is 9.61 Å². The molecule has 160 valence electrons. The van der Waals surface area contributed by atoms with E-state index in [1.54, 1.807) is 33.8 Å². The fraction of sp³-hybridized carbons (Fsp3) is 0.160. The SMILES string of the molecule is CC(=O)c1ccc(-c2cnn3ccc(C(C)N4C(=O)COc5cc(F)ccc54)cc23)cc1. The summed E-state index contributed by atoms with van der Waals surface area (Å²) in [6.07, 6.45) is 3.63. The number of hydrogen-bond acceptors (Lipinski definition) is 4. The zero-order valence-electron chi connectivity index (χ0n) is 17.6. The van der Waals surface area contributed by atoms with Gasteiger partial charge in [0.2, 0.25) is 0 Å². The molecular weight excluding hydrogens is 409 g/mol. The highest BCUT2D eigenvalue weighted by molar-refractivity contribution is 5.98. The number of ketones is 1. The predicted molar refractivity (Wildman–Crippen MR) is 118 cm³/mol. The van der Waals surface area contributed by atoms with Crippen LogP contribution in [-0.4, -0.2) is 27.9 Å². The van der Waals surface area contributed by atoms with Gasteiger partial charge in [-0.1, -0.05) is 24.3 Å². The van der Waals surface area contributed by atoms with Gasteiger partial charge in [0.15, 0.2) is 12.4 Å². The number of fused-ring (bicyclic) bond motifs is 2. The van der Waals surface area contributed by atoms with E-state index >= 15 is 0 Å². The average molecular weight is 429 g/mol. The maximum atomic E-state index is 13.6. The number of carbonyl (C=O) groups is 2. The Morgan fingerprint density at radius 2 is 1.91 bits per heavy atom. The molecule has 1 aliphatic heterocycles. The molecule has 7 heteroatoms. The van der Waals surface area contributed by atoms with Crippen LogP contribution in [-0.2, 0) is 4.79 Å². The van der Waals surface area contributed by atoms with E-state index in [1.165, 1.54) is 19.1 Å². The Kier molecular flexibility index (Phi) is 4.74. The predicted octanol–water partition coefficient (Wildman–Crippen LogP) is 4.83. The molecule has 3 heterocycles. The molecule has 2 aromatic heterocycles. The largest absolute Gasteiger partial charge is 0.481 e. The fourth-order valence-electron chi connectivity index (χ4n) is 4.08. The van der Waals surface area contributed by atoms with Crippen LogP contribution in [0.1, 0.15) is 35.8 Å². The molecule has 1 unspecified atom stereocenters. The molecule has 5 rings (SSSR count). The minimum atomic E-state index is -0.410. The molecule has 0 saturated heterocycles. The maximum Gasteiger partial charge on any atom is 0.265 e. The normalized spacial score (nSPS) is 14.2. The summed E-state index contributed by atoms with van der Waals surface area (Å²) >= 11 is 0. The highest BCUT2D eigenvalue weighted by Crippen LogP contribution is 2.38. The van der Waals surface area contributed by atoms with Gasteiger partial charge in [0.1, 0.15) is 11.6 Å². The van der Waals surface area contributed by atoms with Gasteiger partial charge in [0, 0.05) is 23.4 Å². The first-order chi connectivity index (χ1) is 15.4. The van der Waals surface area contributed by atoms with Gasteiger partial charge in [-0.15, -0.1) is 0 Å². The second kappa shape index (κ2) is 7.60. The number of carbonyl (C=O) groups excluding carboxylic acids is 2. The molecule has 1 atom stereocenters. The summed E-state index contributed by atoms with van der Waals surface area (Å²) in [5.41, 5.74) is 4.85. The monoisotopic (exact) mass is 429 g/mol. The third-order valence-electron chi connectivity index (χ3n) is 5.82. The Hall–Kier alpha value is -4.00. The molecule has 1 aliphatic rings. The van der Waals surface area contributed by atoms with Crippen molar-refractivity contribution >= 4 is 22.9 Å². The van der Waals surface area contributed by atoms with Crippen LogP contribution >= 0.6 is 0 Å². The zero-order chi connectivity index (χ0) is 22.4. The van der Waals surface area contributed by atoms with Gasteiger partial charge in [0.25, 0.3) is 5.91 Å². The molecular formula is C25H20FN3O3. The first-order valence-electron chi connectivity index (χ1n) is 10.3. The van der Waals surface area contributed by atoms with Crippen molar-refractivity contribution in [3.63, 3.8) is 0 Å². The number of benzene rings is 2. The van der Waals surface area contributed by atoms with E-state index < -0.39 is 5.82 Å². The van der Waals surface area contributed by atoms with Gasteiger partial charge < -0.3 is 4.74 Å². The van der Waals surface area contributed by atoms with Crippen LogP contribution < -0.4 is 9.64 Å². The lowest BCUT2D eigenvalue weighted by Gasteiger charge is -2.34. The Morgan fingerprint density at radius 3 is 2.66 bits per heavy atom. The first kappa shape index (κ1) is 19.9. The summed E-state index contributed by atoms with van der Waals surface area (Å²) in [6, 6.07) is 15.2. The molecule has 2 aromatic carbocycles. The topological polar surface area (TPSA) is 63.9 Å². The lowest BCUT2D eigenvalue weighted by molar-refractivity contribution is -0.121.